The van der Waals surface area contributed by atoms with Crippen LogP contribution < -0.4 is 16.0 Å². The molecule has 0 spiro atoms. The van der Waals surface area contributed by atoms with E-state index in [0.29, 0.717) is 13.1 Å². The van der Waals surface area contributed by atoms with E-state index in [-0.39, 0.29) is 5.91 Å². The molecule has 3 rings (SSSR count). The highest BCUT2D eigenvalue weighted by molar-refractivity contribution is 5.97. The lowest BCUT2D eigenvalue weighted by Gasteiger charge is -2.24. The maximum Gasteiger partial charge on any atom is 0.239 e. The molecular formula is C16H19N3O. The number of carbonyl (C=O) groups is 1. The third kappa shape index (κ3) is 2.34. The second kappa shape index (κ2) is 5.51. The molecule has 0 atom stereocenters. The van der Waals surface area contributed by atoms with Gasteiger partial charge in [0.15, 0.2) is 0 Å². The summed E-state index contributed by atoms with van der Waals surface area (Å²) in [5.74, 6) is 0.0921. The molecule has 3 N–H and O–H groups in total. The number of hydrogen-bond donors (Lipinski definition) is 2. The fraction of sp³-hybridized carbons (Fsp3) is 0.312. The van der Waals surface area contributed by atoms with Crippen LogP contribution in [0.1, 0.15) is 12.0 Å². The SMILES string of the molecule is NCc1ccc(N2CCCNC(=O)C2)c2ccccc12. The molecular weight excluding hydrogens is 250 g/mol. The summed E-state index contributed by atoms with van der Waals surface area (Å²) >= 11 is 0. The van der Waals surface area contributed by atoms with Gasteiger partial charge in [-0.3, -0.25) is 4.79 Å². The number of nitrogens with two attached hydrogens (primary N) is 1. The first-order valence-corrected chi connectivity index (χ1v) is 7.02. The normalized spacial score (nSPS) is 16.1. The average Bonchev–Trinajstić information content (AvgIpc) is 2.70. The molecule has 1 amide bonds. The van der Waals surface area contributed by atoms with Crippen molar-refractivity contribution in [3.05, 3.63) is 42.0 Å². The van der Waals surface area contributed by atoms with Crippen molar-refractivity contribution in [3.63, 3.8) is 0 Å². The van der Waals surface area contributed by atoms with Crippen LogP contribution in [-0.4, -0.2) is 25.5 Å². The Morgan fingerprint density at radius 2 is 1.95 bits per heavy atom. The van der Waals surface area contributed by atoms with Crippen LogP contribution in [0.2, 0.25) is 0 Å². The first kappa shape index (κ1) is 12.9. The maximum absolute atomic E-state index is 11.8. The third-order valence-corrected chi connectivity index (χ3v) is 3.81. The Morgan fingerprint density at radius 3 is 2.75 bits per heavy atom. The Bertz CT molecular complexity index is 639. The Kier molecular flexibility index (Phi) is 3.56. The maximum atomic E-state index is 11.8. The Hall–Kier alpha value is -2.07. The molecule has 0 saturated carbocycles. The van der Waals surface area contributed by atoms with E-state index in [2.05, 4.69) is 34.5 Å². The van der Waals surface area contributed by atoms with Gasteiger partial charge in [-0.15, -0.1) is 0 Å². The van der Waals surface area contributed by atoms with Gasteiger partial charge in [0, 0.05) is 30.7 Å². The van der Waals surface area contributed by atoms with Gasteiger partial charge in [0.1, 0.15) is 0 Å². The van der Waals surface area contributed by atoms with Crippen LogP contribution in [0.3, 0.4) is 0 Å². The highest BCUT2D eigenvalue weighted by Crippen LogP contribution is 2.29. The van der Waals surface area contributed by atoms with E-state index in [1.165, 1.54) is 10.8 Å². The molecule has 1 aliphatic rings. The zero-order valence-corrected chi connectivity index (χ0v) is 11.4. The number of fused-ring (bicyclic) bond motifs is 1. The molecule has 1 fully saturated rings. The van der Waals surface area contributed by atoms with Crippen molar-refractivity contribution in [2.45, 2.75) is 13.0 Å². The van der Waals surface area contributed by atoms with E-state index in [9.17, 15) is 4.79 Å². The van der Waals surface area contributed by atoms with Crippen molar-refractivity contribution in [1.82, 2.24) is 5.32 Å². The van der Waals surface area contributed by atoms with Crippen molar-refractivity contribution in [2.75, 3.05) is 24.5 Å². The lowest BCUT2D eigenvalue weighted by Crippen LogP contribution is -2.33. The molecule has 0 bridgehead atoms. The minimum absolute atomic E-state index is 0.0921. The van der Waals surface area contributed by atoms with Gasteiger partial charge in [0.2, 0.25) is 5.91 Å². The van der Waals surface area contributed by atoms with Crippen LogP contribution in [0.25, 0.3) is 10.8 Å². The zero-order chi connectivity index (χ0) is 13.9. The van der Waals surface area contributed by atoms with Crippen molar-refractivity contribution in [3.8, 4) is 0 Å². The Morgan fingerprint density at radius 1 is 1.15 bits per heavy atom. The summed E-state index contributed by atoms with van der Waals surface area (Å²) in [4.78, 5) is 13.9. The molecule has 4 heteroatoms. The molecule has 2 aromatic rings. The second-order valence-electron chi connectivity index (χ2n) is 5.12. The van der Waals surface area contributed by atoms with Crippen molar-refractivity contribution in [1.29, 1.82) is 0 Å². The van der Waals surface area contributed by atoms with Gasteiger partial charge in [-0.05, 0) is 23.4 Å². The van der Waals surface area contributed by atoms with Gasteiger partial charge >= 0.3 is 0 Å². The van der Waals surface area contributed by atoms with E-state index in [1.54, 1.807) is 0 Å². The monoisotopic (exact) mass is 269 g/mol. The predicted octanol–water partition coefficient (Wildman–Crippen LogP) is 1.62. The largest absolute Gasteiger partial charge is 0.362 e. The summed E-state index contributed by atoms with van der Waals surface area (Å²) in [7, 11) is 0. The smallest absolute Gasteiger partial charge is 0.239 e. The topological polar surface area (TPSA) is 58.4 Å². The second-order valence-corrected chi connectivity index (χ2v) is 5.12. The van der Waals surface area contributed by atoms with E-state index in [4.69, 9.17) is 5.73 Å². The number of nitrogens with one attached hydrogen (secondary N) is 1. The van der Waals surface area contributed by atoms with Crippen LogP contribution in [0.4, 0.5) is 5.69 Å². The molecule has 1 heterocycles. The van der Waals surface area contributed by atoms with Gasteiger partial charge in [-0.2, -0.15) is 0 Å². The van der Waals surface area contributed by atoms with Gasteiger partial charge in [0.05, 0.1) is 6.54 Å². The Labute approximate surface area is 118 Å². The van der Waals surface area contributed by atoms with Crippen LogP contribution in [0.5, 0.6) is 0 Å². The zero-order valence-electron chi connectivity index (χ0n) is 11.4. The molecule has 0 aliphatic carbocycles. The molecule has 4 nitrogen and oxygen atoms in total. The van der Waals surface area contributed by atoms with Crippen LogP contribution in [0, 0.1) is 0 Å². The number of hydrogen-bond acceptors (Lipinski definition) is 3. The molecule has 2 aromatic carbocycles. The van der Waals surface area contributed by atoms with E-state index >= 15 is 0 Å². The highest BCUT2D eigenvalue weighted by Gasteiger charge is 2.17. The minimum Gasteiger partial charge on any atom is -0.362 e. The lowest BCUT2D eigenvalue weighted by molar-refractivity contribution is -0.119. The van der Waals surface area contributed by atoms with E-state index in [1.807, 2.05) is 12.1 Å². The van der Waals surface area contributed by atoms with Crippen LogP contribution in [0.15, 0.2) is 36.4 Å². The van der Waals surface area contributed by atoms with Crippen LogP contribution in [-0.2, 0) is 11.3 Å². The molecule has 1 aliphatic heterocycles. The number of benzene rings is 2. The summed E-state index contributed by atoms with van der Waals surface area (Å²) in [5.41, 5.74) is 8.08. The van der Waals surface area contributed by atoms with Crippen LogP contribution >= 0.6 is 0 Å². The number of anilines is 1. The molecule has 0 unspecified atom stereocenters. The summed E-state index contributed by atoms with van der Waals surface area (Å²) in [6.07, 6.45) is 0.971. The molecule has 0 aromatic heterocycles. The van der Waals surface area contributed by atoms with Gasteiger partial charge in [0.25, 0.3) is 0 Å². The third-order valence-electron chi connectivity index (χ3n) is 3.81. The van der Waals surface area contributed by atoms with Crippen molar-refractivity contribution >= 4 is 22.4 Å². The molecule has 0 radical (unpaired) electrons. The quantitative estimate of drug-likeness (QED) is 0.871. The lowest BCUT2D eigenvalue weighted by atomic mass is 10.0. The molecule has 20 heavy (non-hydrogen) atoms. The number of amides is 1. The Balaban J connectivity index is 2.09. The summed E-state index contributed by atoms with van der Waals surface area (Å²) in [6.45, 7) is 2.60. The number of nitrogens with zero attached hydrogens (tertiary/aromatic N) is 1. The minimum atomic E-state index is 0.0921. The highest BCUT2D eigenvalue weighted by atomic mass is 16.2. The fourth-order valence-corrected chi connectivity index (χ4v) is 2.81. The van der Waals surface area contributed by atoms with E-state index < -0.39 is 0 Å². The molecule has 1 saturated heterocycles. The number of carbonyl (C=O) groups excluding carboxylic acids is 1. The van der Waals surface area contributed by atoms with E-state index in [0.717, 1.165) is 30.8 Å². The van der Waals surface area contributed by atoms with Gasteiger partial charge < -0.3 is 16.0 Å². The summed E-state index contributed by atoms with van der Waals surface area (Å²) in [6, 6.07) is 12.4. The summed E-state index contributed by atoms with van der Waals surface area (Å²) in [5, 5.41) is 5.26. The predicted molar refractivity (Wildman–Crippen MR) is 81.7 cm³/mol. The first-order chi connectivity index (χ1) is 9.79. The first-order valence-electron chi connectivity index (χ1n) is 7.02. The number of rotatable bonds is 2. The average molecular weight is 269 g/mol. The van der Waals surface area contributed by atoms with Crippen molar-refractivity contribution < 1.29 is 4.79 Å². The molecule has 104 valence electrons. The fourth-order valence-electron chi connectivity index (χ4n) is 2.81. The standard InChI is InChI=1S/C16H19N3O/c17-10-12-6-7-15(14-5-2-1-4-13(12)14)19-9-3-8-18-16(20)11-19/h1-2,4-7H,3,8-11,17H2,(H,18,20). The summed E-state index contributed by atoms with van der Waals surface area (Å²) < 4.78 is 0. The van der Waals surface area contributed by atoms with Gasteiger partial charge in [-0.1, -0.05) is 30.3 Å². The van der Waals surface area contributed by atoms with Crippen molar-refractivity contribution in [2.24, 2.45) is 5.73 Å². The van der Waals surface area contributed by atoms with Gasteiger partial charge in [-0.25, -0.2) is 0 Å².